The lowest BCUT2D eigenvalue weighted by Crippen LogP contribution is -2.58. The number of aliphatic carboxylic acids is 1. The van der Waals surface area contributed by atoms with Gasteiger partial charge < -0.3 is 15.2 Å². The number of carbonyl (C=O) groups is 2. The zero-order valence-electron chi connectivity index (χ0n) is 12.9. The van der Waals surface area contributed by atoms with E-state index in [1.54, 1.807) is 19.1 Å². The lowest BCUT2D eigenvalue weighted by atomic mass is 9.89. The summed E-state index contributed by atoms with van der Waals surface area (Å²) in [5.74, 6) is -1.48. The third-order valence-corrected chi connectivity index (χ3v) is 5.15. The average Bonchev–Trinajstić information content (AvgIpc) is 2.54. The Morgan fingerprint density at radius 1 is 1.35 bits per heavy atom. The van der Waals surface area contributed by atoms with Gasteiger partial charge in [0.25, 0.3) is 0 Å². The molecule has 1 aromatic rings. The quantitative estimate of drug-likeness (QED) is 0.777. The van der Waals surface area contributed by atoms with Gasteiger partial charge in [0.15, 0.2) is 0 Å². The van der Waals surface area contributed by atoms with Crippen LogP contribution in [0.25, 0.3) is 0 Å². The molecule has 1 fully saturated rings. The maximum absolute atomic E-state index is 12.9. The van der Waals surface area contributed by atoms with Crippen molar-refractivity contribution in [2.45, 2.75) is 30.2 Å². The van der Waals surface area contributed by atoms with Crippen LogP contribution in [0.1, 0.15) is 19.8 Å². The Morgan fingerprint density at radius 2 is 1.96 bits per heavy atom. The highest BCUT2D eigenvalue weighted by atomic mass is 32.2. The number of benzene rings is 1. The van der Waals surface area contributed by atoms with Crippen molar-refractivity contribution in [3.8, 4) is 0 Å². The Balaban J connectivity index is 1.90. The smallest absolute Gasteiger partial charge is 0.329 e. The molecule has 2 rings (SSSR count). The number of amides is 1. The highest BCUT2D eigenvalue weighted by molar-refractivity contribution is 7.99. The molecule has 126 valence electrons. The third-order valence-electron chi connectivity index (χ3n) is 3.88. The molecule has 1 unspecified atom stereocenters. The van der Waals surface area contributed by atoms with E-state index in [0.717, 1.165) is 4.90 Å². The predicted molar refractivity (Wildman–Crippen MR) is 84.9 cm³/mol. The molecule has 1 saturated heterocycles. The summed E-state index contributed by atoms with van der Waals surface area (Å²) < 4.78 is 18.0. The Bertz CT molecular complexity index is 558. The Morgan fingerprint density at radius 3 is 2.52 bits per heavy atom. The van der Waals surface area contributed by atoms with Crippen molar-refractivity contribution in [2.24, 2.45) is 5.92 Å². The number of carboxylic acid groups (broad SMARTS) is 1. The molecule has 5 nitrogen and oxygen atoms in total. The van der Waals surface area contributed by atoms with Crippen molar-refractivity contribution in [1.29, 1.82) is 0 Å². The first-order valence-electron chi connectivity index (χ1n) is 7.44. The molecule has 1 aliphatic heterocycles. The van der Waals surface area contributed by atoms with Crippen LogP contribution in [0.5, 0.6) is 0 Å². The lowest BCUT2D eigenvalue weighted by Gasteiger charge is -2.34. The third kappa shape index (κ3) is 4.68. The molecule has 0 saturated carbocycles. The summed E-state index contributed by atoms with van der Waals surface area (Å²) in [4.78, 5) is 24.7. The predicted octanol–water partition coefficient (Wildman–Crippen LogP) is 2.30. The van der Waals surface area contributed by atoms with Crippen molar-refractivity contribution in [2.75, 3.05) is 19.0 Å². The van der Waals surface area contributed by atoms with Crippen molar-refractivity contribution in [1.82, 2.24) is 5.32 Å². The molecule has 0 spiro atoms. The zero-order chi connectivity index (χ0) is 16.9. The first-order valence-corrected chi connectivity index (χ1v) is 8.43. The topological polar surface area (TPSA) is 75.6 Å². The minimum Gasteiger partial charge on any atom is -0.480 e. The number of hydrogen-bond donors (Lipinski definition) is 2. The van der Waals surface area contributed by atoms with Gasteiger partial charge in [0.1, 0.15) is 11.4 Å². The van der Waals surface area contributed by atoms with Gasteiger partial charge in [0, 0.05) is 42.6 Å². The van der Waals surface area contributed by atoms with Crippen molar-refractivity contribution >= 4 is 23.6 Å². The van der Waals surface area contributed by atoms with E-state index in [9.17, 15) is 19.1 Å². The van der Waals surface area contributed by atoms with E-state index in [-0.39, 0.29) is 30.5 Å². The van der Waals surface area contributed by atoms with Crippen LogP contribution in [-0.2, 0) is 14.3 Å². The van der Waals surface area contributed by atoms with Crippen LogP contribution in [0.4, 0.5) is 4.39 Å². The van der Waals surface area contributed by atoms with Crippen LogP contribution in [-0.4, -0.2) is 41.5 Å². The highest BCUT2D eigenvalue weighted by Gasteiger charge is 2.42. The Kier molecular flexibility index (Phi) is 6.01. The van der Waals surface area contributed by atoms with Crippen LogP contribution >= 0.6 is 11.8 Å². The van der Waals surface area contributed by atoms with Gasteiger partial charge in [-0.05, 0) is 24.3 Å². The second kappa shape index (κ2) is 7.79. The minimum absolute atomic E-state index is 0.270. The van der Waals surface area contributed by atoms with Crippen LogP contribution < -0.4 is 5.32 Å². The second-order valence-corrected chi connectivity index (χ2v) is 6.75. The van der Waals surface area contributed by atoms with Gasteiger partial charge in [0.05, 0.1) is 0 Å². The molecule has 1 aliphatic rings. The molecule has 0 radical (unpaired) electrons. The number of carboxylic acids is 1. The maximum atomic E-state index is 12.9. The fourth-order valence-corrected chi connectivity index (χ4v) is 3.22. The van der Waals surface area contributed by atoms with E-state index in [1.807, 2.05) is 0 Å². The molecule has 23 heavy (non-hydrogen) atoms. The fraction of sp³-hybridized carbons (Fsp3) is 0.500. The number of hydrogen-bond acceptors (Lipinski definition) is 4. The van der Waals surface area contributed by atoms with E-state index in [1.165, 1.54) is 23.9 Å². The summed E-state index contributed by atoms with van der Waals surface area (Å²) >= 11 is 1.44. The van der Waals surface area contributed by atoms with Gasteiger partial charge in [-0.1, -0.05) is 6.92 Å². The van der Waals surface area contributed by atoms with Crippen molar-refractivity contribution in [3.63, 3.8) is 0 Å². The van der Waals surface area contributed by atoms with Crippen LogP contribution in [0.15, 0.2) is 29.2 Å². The summed E-state index contributed by atoms with van der Waals surface area (Å²) in [7, 11) is 0. The van der Waals surface area contributed by atoms with E-state index in [2.05, 4.69) is 5.32 Å². The van der Waals surface area contributed by atoms with Gasteiger partial charge in [0.2, 0.25) is 5.91 Å². The average molecular weight is 341 g/mol. The van der Waals surface area contributed by atoms with Gasteiger partial charge in [-0.2, -0.15) is 0 Å². The van der Waals surface area contributed by atoms with E-state index in [0.29, 0.717) is 19.0 Å². The van der Waals surface area contributed by atoms with E-state index in [4.69, 9.17) is 4.74 Å². The van der Waals surface area contributed by atoms with Crippen LogP contribution in [0.3, 0.4) is 0 Å². The molecular weight excluding hydrogens is 321 g/mol. The molecule has 7 heteroatoms. The molecule has 1 heterocycles. The Hall–Kier alpha value is -1.60. The summed E-state index contributed by atoms with van der Waals surface area (Å²) in [5, 5.41) is 12.1. The van der Waals surface area contributed by atoms with Gasteiger partial charge in [-0.15, -0.1) is 11.8 Å². The SMILES string of the molecule is CC(CSc1ccc(F)cc1)C(=O)NC1(C(=O)O)CCOCC1. The molecule has 1 atom stereocenters. The van der Waals surface area contributed by atoms with Crippen LogP contribution in [0, 0.1) is 11.7 Å². The van der Waals surface area contributed by atoms with Gasteiger partial charge >= 0.3 is 5.97 Å². The second-order valence-electron chi connectivity index (χ2n) is 5.65. The zero-order valence-corrected chi connectivity index (χ0v) is 13.7. The highest BCUT2D eigenvalue weighted by Crippen LogP contribution is 2.24. The largest absolute Gasteiger partial charge is 0.480 e. The summed E-state index contributed by atoms with van der Waals surface area (Å²) in [6, 6.07) is 6.05. The minimum atomic E-state index is -1.23. The summed E-state index contributed by atoms with van der Waals surface area (Å²) in [6.07, 6.45) is 0.539. The summed E-state index contributed by atoms with van der Waals surface area (Å²) in [6.45, 7) is 2.40. The number of halogens is 1. The normalized spacial score (nSPS) is 18.2. The monoisotopic (exact) mass is 341 g/mol. The van der Waals surface area contributed by atoms with Crippen molar-refractivity contribution < 1.29 is 23.8 Å². The number of thioether (sulfide) groups is 1. The molecule has 0 aromatic heterocycles. The van der Waals surface area contributed by atoms with E-state index < -0.39 is 11.5 Å². The maximum Gasteiger partial charge on any atom is 0.329 e. The standard InChI is InChI=1S/C16H20FNO4S/c1-11(10-23-13-4-2-12(17)3-5-13)14(19)18-16(15(20)21)6-8-22-9-7-16/h2-5,11H,6-10H2,1H3,(H,18,19)(H,20,21). The number of rotatable bonds is 6. The molecule has 2 N–H and O–H groups in total. The van der Waals surface area contributed by atoms with Crippen LogP contribution in [0.2, 0.25) is 0 Å². The number of ether oxygens (including phenoxy) is 1. The number of nitrogens with one attached hydrogen (secondary N) is 1. The first kappa shape index (κ1) is 17.7. The lowest BCUT2D eigenvalue weighted by molar-refractivity contribution is -0.152. The molecular formula is C16H20FNO4S. The molecule has 0 bridgehead atoms. The first-order chi connectivity index (χ1) is 10.9. The van der Waals surface area contributed by atoms with Gasteiger partial charge in [-0.3, -0.25) is 4.79 Å². The molecule has 0 aliphatic carbocycles. The molecule has 1 aromatic carbocycles. The van der Waals surface area contributed by atoms with Gasteiger partial charge in [-0.25, -0.2) is 9.18 Å². The fourth-order valence-electron chi connectivity index (χ4n) is 2.30. The summed E-state index contributed by atoms with van der Waals surface area (Å²) in [5.41, 5.74) is -1.23. The Labute approximate surface area is 138 Å². The van der Waals surface area contributed by atoms with Crippen molar-refractivity contribution in [3.05, 3.63) is 30.1 Å². The van der Waals surface area contributed by atoms with E-state index >= 15 is 0 Å². The molecule has 1 amide bonds. The number of carbonyl (C=O) groups excluding carboxylic acids is 1.